The highest BCUT2D eigenvalue weighted by molar-refractivity contribution is 8.00. The molecule has 25 heavy (non-hydrogen) atoms. The topological polar surface area (TPSA) is 84.7 Å². The third-order valence-electron chi connectivity index (χ3n) is 3.82. The summed E-state index contributed by atoms with van der Waals surface area (Å²) in [6, 6.07) is 5.59. The van der Waals surface area contributed by atoms with Gasteiger partial charge in [0, 0.05) is 28.6 Å². The van der Waals surface area contributed by atoms with E-state index in [2.05, 4.69) is 5.10 Å². The quantitative estimate of drug-likeness (QED) is 0.876. The van der Waals surface area contributed by atoms with E-state index in [4.69, 9.17) is 9.84 Å². The molecule has 1 N–H and O–H groups in total. The van der Waals surface area contributed by atoms with Gasteiger partial charge < -0.3 is 14.7 Å². The molecule has 0 saturated carbocycles. The largest absolute Gasteiger partial charge is 0.463 e. The molecule has 2 aromatic rings. The normalized spacial score (nSPS) is 17.9. The molecule has 1 amide bonds. The summed E-state index contributed by atoms with van der Waals surface area (Å²) in [5.74, 6) is 0. The molecule has 1 atom stereocenters. The lowest BCUT2D eigenvalue weighted by Crippen LogP contribution is -2.35. The number of likely N-dealkylation sites (tertiary alicyclic amines) is 1. The highest BCUT2D eigenvalue weighted by Crippen LogP contribution is 2.32. The van der Waals surface area contributed by atoms with E-state index in [1.165, 1.54) is 0 Å². The van der Waals surface area contributed by atoms with Crippen LogP contribution in [0.3, 0.4) is 0 Å². The molecule has 1 aromatic carbocycles. The molecule has 2 heterocycles. The average molecular weight is 363 g/mol. The Kier molecular flexibility index (Phi) is 4.64. The van der Waals surface area contributed by atoms with Crippen molar-refractivity contribution in [2.75, 3.05) is 13.1 Å². The van der Waals surface area contributed by atoms with Crippen LogP contribution in [-0.4, -0.2) is 55.9 Å². The minimum Gasteiger partial charge on any atom is -0.463 e. The van der Waals surface area contributed by atoms with Crippen LogP contribution in [0.25, 0.3) is 10.9 Å². The maximum absolute atomic E-state index is 12.1. The molecule has 0 radical (unpaired) electrons. The van der Waals surface area contributed by atoms with E-state index in [-0.39, 0.29) is 6.09 Å². The van der Waals surface area contributed by atoms with Crippen LogP contribution in [0.5, 0.6) is 0 Å². The molecule has 7 nitrogen and oxygen atoms in total. The van der Waals surface area contributed by atoms with Gasteiger partial charge >= 0.3 is 12.2 Å². The Bertz CT molecular complexity index is 812. The Labute approximate surface area is 149 Å². The minimum absolute atomic E-state index is 0.270. The highest BCUT2D eigenvalue weighted by atomic mass is 32.2. The summed E-state index contributed by atoms with van der Waals surface area (Å²) >= 11 is 1.69. The van der Waals surface area contributed by atoms with Crippen LogP contribution in [0, 0.1) is 0 Å². The van der Waals surface area contributed by atoms with Crippen molar-refractivity contribution in [2.24, 2.45) is 0 Å². The molecule has 1 fully saturated rings. The van der Waals surface area contributed by atoms with E-state index in [0.717, 1.165) is 21.4 Å². The van der Waals surface area contributed by atoms with Crippen molar-refractivity contribution < 1.29 is 19.4 Å². The van der Waals surface area contributed by atoms with Crippen molar-refractivity contribution >= 4 is 34.9 Å². The molecule has 0 bridgehead atoms. The number of hydrogen-bond donors (Lipinski definition) is 1. The monoisotopic (exact) mass is 363 g/mol. The molecule has 1 aromatic heterocycles. The van der Waals surface area contributed by atoms with Crippen molar-refractivity contribution in [2.45, 2.75) is 42.9 Å². The van der Waals surface area contributed by atoms with Gasteiger partial charge in [0.2, 0.25) is 0 Å². The van der Waals surface area contributed by atoms with Crippen LogP contribution in [-0.2, 0) is 4.74 Å². The number of rotatable bonds is 2. The molecule has 1 saturated heterocycles. The molecule has 1 aliphatic heterocycles. The first kappa shape index (κ1) is 17.6. The lowest BCUT2D eigenvalue weighted by atomic mass is 10.2. The van der Waals surface area contributed by atoms with Crippen molar-refractivity contribution in [1.82, 2.24) is 14.7 Å². The zero-order valence-corrected chi connectivity index (χ0v) is 15.2. The van der Waals surface area contributed by atoms with Gasteiger partial charge in [-0.15, -0.1) is 11.8 Å². The summed E-state index contributed by atoms with van der Waals surface area (Å²) in [7, 11) is 0. The fourth-order valence-electron chi connectivity index (χ4n) is 2.75. The number of benzene rings is 1. The van der Waals surface area contributed by atoms with Gasteiger partial charge in [-0.25, -0.2) is 9.59 Å². The maximum atomic E-state index is 12.1. The van der Waals surface area contributed by atoms with E-state index in [0.29, 0.717) is 23.9 Å². The van der Waals surface area contributed by atoms with E-state index in [1.54, 1.807) is 28.9 Å². The fraction of sp³-hybridized carbons (Fsp3) is 0.471. The molecular formula is C17H21N3O4S. The van der Waals surface area contributed by atoms with Gasteiger partial charge in [-0.2, -0.15) is 9.78 Å². The molecule has 1 aliphatic rings. The zero-order valence-electron chi connectivity index (χ0n) is 14.4. The number of thioether (sulfide) groups is 1. The standard InChI is InChI=1S/C17H21N3O4S/c1-17(2,3)24-16(23)19-7-6-13(10-19)25-12-4-5-14-11(8-12)9-18-20(14)15(21)22/h4-5,8-9,13H,6-7,10H2,1-3H3,(H,21,22). The van der Waals surface area contributed by atoms with Gasteiger partial charge in [-0.05, 0) is 45.4 Å². The number of nitrogens with zero attached hydrogens (tertiary/aromatic N) is 3. The average Bonchev–Trinajstić information content (AvgIpc) is 3.11. The Morgan fingerprint density at radius 2 is 2.12 bits per heavy atom. The highest BCUT2D eigenvalue weighted by Gasteiger charge is 2.30. The summed E-state index contributed by atoms with van der Waals surface area (Å²) in [5.41, 5.74) is 0.0798. The Balaban J connectivity index is 1.64. The van der Waals surface area contributed by atoms with Gasteiger partial charge in [-0.3, -0.25) is 0 Å². The second kappa shape index (κ2) is 6.59. The predicted molar refractivity (Wildman–Crippen MR) is 95.2 cm³/mol. The number of carbonyl (C=O) groups excluding carboxylic acids is 1. The molecule has 134 valence electrons. The summed E-state index contributed by atoms with van der Waals surface area (Å²) in [6.45, 7) is 6.91. The van der Waals surface area contributed by atoms with Crippen LogP contribution in [0.2, 0.25) is 0 Å². The fourth-order valence-corrected chi connectivity index (χ4v) is 3.95. The number of ether oxygens (including phenoxy) is 1. The molecule has 3 rings (SSSR count). The number of fused-ring (bicyclic) bond motifs is 1. The number of carbonyl (C=O) groups is 2. The lowest BCUT2D eigenvalue weighted by Gasteiger charge is -2.24. The van der Waals surface area contributed by atoms with E-state index in [9.17, 15) is 9.59 Å². The van der Waals surface area contributed by atoms with Gasteiger partial charge in [0.05, 0.1) is 11.7 Å². The van der Waals surface area contributed by atoms with Gasteiger partial charge in [0.15, 0.2) is 0 Å². The smallest absolute Gasteiger partial charge is 0.432 e. The van der Waals surface area contributed by atoms with Gasteiger partial charge in [0.25, 0.3) is 0 Å². The Hall–Kier alpha value is -2.22. The Morgan fingerprint density at radius 3 is 2.80 bits per heavy atom. The van der Waals surface area contributed by atoms with Crippen molar-refractivity contribution in [3.05, 3.63) is 24.4 Å². The van der Waals surface area contributed by atoms with Crippen molar-refractivity contribution in [1.29, 1.82) is 0 Å². The van der Waals surface area contributed by atoms with Crippen LogP contribution in [0.15, 0.2) is 29.3 Å². The van der Waals surface area contributed by atoms with E-state index < -0.39 is 11.7 Å². The predicted octanol–water partition coefficient (Wildman–Crippen LogP) is 3.66. The molecule has 1 unspecified atom stereocenters. The lowest BCUT2D eigenvalue weighted by molar-refractivity contribution is 0.0295. The second-order valence-corrected chi connectivity index (χ2v) is 8.39. The molecular weight excluding hydrogens is 342 g/mol. The zero-order chi connectivity index (χ0) is 18.2. The number of hydrogen-bond acceptors (Lipinski definition) is 5. The summed E-state index contributed by atoms with van der Waals surface area (Å²) in [4.78, 5) is 26.0. The van der Waals surface area contributed by atoms with Crippen molar-refractivity contribution in [3.63, 3.8) is 0 Å². The third-order valence-corrected chi connectivity index (χ3v) is 5.06. The van der Waals surface area contributed by atoms with Crippen LogP contribution >= 0.6 is 11.8 Å². The molecule has 0 spiro atoms. The second-order valence-electron chi connectivity index (χ2n) is 7.01. The van der Waals surface area contributed by atoms with Crippen LogP contribution < -0.4 is 0 Å². The van der Waals surface area contributed by atoms with Gasteiger partial charge in [0.1, 0.15) is 5.60 Å². The number of carboxylic acid groups (broad SMARTS) is 1. The van der Waals surface area contributed by atoms with Crippen LogP contribution in [0.1, 0.15) is 27.2 Å². The first-order chi connectivity index (χ1) is 11.7. The minimum atomic E-state index is -1.10. The summed E-state index contributed by atoms with van der Waals surface area (Å²) < 4.78 is 6.38. The summed E-state index contributed by atoms with van der Waals surface area (Å²) in [5, 5.41) is 14.0. The van der Waals surface area contributed by atoms with Gasteiger partial charge in [-0.1, -0.05) is 0 Å². The molecule has 8 heteroatoms. The van der Waals surface area contributed by atoms with Crippen LogP contribution in [0.4, 0.5) is 9.59 Å². The number of amides is 1. The third kappa shape index (κ3) is 4.07. The molecule has 0 aliphatic carbocycles. The maximum Gasteiger partial charge on any atom is 0.432 e. The first-order valence-electron chi connectivity index (χ1n) is 8.08. The summed E-state index contributed by atoms with van der Waals surface area (Å²) in [6.07, 6.45) is 1.08. The van der Waals surface area contributed by atoms with E-state index in [1.807, 2.05) is 32.9 Å². The number of aromatic nitrogens is 2. The Morgan fingerprint density at radius 1 is 1.36 bits per heavy atom. The SMILES string of the molecule is CC(C)(C)OC(=O)N1CCC(Sc2ccc3c(cnn3C(=O)O)c2)C1. The van der Waals surface area contributed by atoms with Crippen molar-refractivity contribution in [3.8, 4) is 0 Å². The first-order valence-corrected chi connectivity index (χ1v) is 8.96. The van der Waals surface area contributed by atoms with E-state index >= 15 is 0 Å².